The third-order valence-corrected chi connectivity index (χ3v) is 7.48. The molecule has 1 fully saturated rings. The van der Waals surface area contributed by atoms with Crippen LogP contribution >= 0.6 is 22.9 Å². The molecule has 158 valence electrons. The van der Waals surface area contributed by atoms with Gasteiger partial charge in [0.05, 0.1) is 13.2 Å². The predicted octanol–water partition coefficient (Wildman–Crippen LogP) is 2.40. The van der Waals surface area contributed by atoms with Gasteiger partial charge in [0.25, 0.3) is 0 Å². The Morgan fingerprint density at radius 3 is 2.70 bits per heavy atom. The number of morpholine rings is 1. The minimum Gasteiger partial charge on any atom is -0.378 e. The first kappa shape index (κ1) is 20.9. The van der Waals surface area contributed by atoms with Crippen molar-refractivity contribution in [1.29, 1.82) is 0 Å². The maximum atomic E-state index is 12.6. The second-order valence-electron chi connectivity index (χ2n) is 6.43. The van der Waals surface area contributed by atoms with Crippen LogP contribution in [0.5, 0.6) is 0 Å². The van der Waals surface area contributed by atoms with Crippen molar-refractivity contribution in [2.24, 2.45) is 0 Å². The number of hydrogen-bond acceptors (Lipinski definition) is 8. The van der Waals surface area contributed by atoms with Gasteiger partial charge in [-0.1, -0.05) is 28.9 Å². The second kappa shape index (κ2) is 8.82. The van der Waals surface area contributed by atoms with Crippen molar-refractivity contribution in [3.63, 3.8) is 0 Å². The molecule has 30 heavy (non-hydrogen) atoms. The highest BCUT2D eigenvalue weighted by Gasteiger charge is 2.25. The number of sulfonamides is 1. The zero-order valence-electron chi connectivity index (χ0n) is 15.6. The van der Waals surface area contributed by atoms with E-state index in [0.717, 1.165) is 16.9 Å². The van der Waals surface area contributed by atoms with Crippen LogP contribution in [0, 0.1) is 0 Å². The van der Waals surface area contributed by atoms with Gasteiger partial charge in [-0.25, -0.2) is 13.1 Å². The van der Waals surface area contributed by atoms with Gasteiger partial charge in [-0.15, -0.1) is 11.3 Å². The van der Waals surface area contributed by atoms with Gasteiger partial charge in [-0.2, -0.15) is 4.98 Å². The molecule has 0 bridgehead atoms. The molecule has 0 radical (unpaired) electrons. The molecule has 1 aromatic carbocycles. The summed E-state index contributed by atoms with van der Waals surface area (Å²) in [6, 6.07) is 8.33. The molecule has 4 rings (SSSR count). The van der Waals surface area contributed by atoms with Crippen LogP contribution in [-0.4, -0.2) is 55.7 Å². The zero-order chi connectivity index (χ0) is 21.1. The highest BCUT2D eigenvalue weighted by molar-refractivity contribution is 7.91. The number of amides is 1. The first-order chi connectivity index (χ1) is 14.4. The number of hydrogen-bond donors (Lipinski definition) is 1. The average molecular weight is 469 g/mol. The smallest absolute Gasteiger partial charge is 0.316 e. The topological polar surface area (TPSA) is 115 Å². The van der Waals surface area contributed by atoms with Gasteiger partial charge in [-0.05, 0) is 23.8 Å². The minimum absolute atomic E-state index is 0.109. The van der Waals surface area contributed by atoms with Crippen LogP contribution in [-0.2, 0) is 21.3 Å². The minimum atomic E-state index is -3.72. The number of rotatable bonds is 6. The number of nitrogens with one attached hydrogen (secondary N) is 1. The summed E-state index contributed by atoms with van der Waals surface area (Å²) in [4.78, 5) is 18.1. The largest absolute Gasteiger partial charge is 0.378 e. The summed E-state index contributed by atoms with van der Waals surface area (Å²) in [5.41, 5.74) is 1.24. The van der Waals surface area contributed by atoms with Crippen molar-refractivity contribution in [3.05, 3.63) is 52.2 Å². The first-order valence-electron chi connectivity index (χ1n) is 8.96. The number of halogens is 1. The molecule has 0 aliphatic carbocycles. The third kappa shape index (κ3) is 4.71. The van der Waals surface area contributed by atoms with Crippen LogP contribution in [0.25, 0.3) is 11.4 Å². The van der Waals surface area contributed by atoms with Crippen molar-refractivity contribution < 1.29 is 22.5 Å². The van der Waals surface area contributed by atoms with Gasteiger partial charge in [0.1, 0.15) is 4.21 Å². The van der Waals surface area contributed by atoms with E-state index in [1.54, 1.807) is 34.5 Å². The maximum absolute atomic E-state index is 12.6. The third-order valence-electron chi connectivity index (χ3n) is 4.39. The summed E-state index contributed by atoms with van der Waals surface area (Å²) in [6.45, 7) is 1.96. The molecule has 3 heterocycles. The van der Waals surface area contributed by atoms with Crippen molar-refractivity contribution in [1.82, 2.24) is 19.8 Å². The molecule has 9 nitrogen and oxygen atoms in total. The molecule has 0 spiro atoms. The van der Waals surface area contributed by atoms with Gasteiger partial charge < -0.3 is 14.2 Å². The average Bonchev–Trinajstić information content (AvgIpc) is 3.44. The summed E-state index contributed by atoms with van der Waals surface area (Å²) in [7, 11) is -3.72. The van der Waals surface area contributed by atoms with Gasteiger partial charge in [0.2, 0.25) is 15.8 Å². The normalized spacial score (nSPS) is 14.8. The predicted molar refractivity (Wildman–Crippen MR) is 110 cm³/mol. The number of nitrogens with zero attached hydrogens (tertiary/aromatic N) is 3. The lowest BCUT2D eigenvalue weighted by Gasteiger charge is -2.25. The van der Waals surface area contributed by atoms with Crippen molar-refractivity contribution >= 4 is 38.9 Å². The number of aromatic nitrogens is 2. The first-order valence-corrected chi connectivity index (χ1v) is 11.7. The Bertz CT molecular complexity index is 1140. The van der Waals surface area contributed by atoms with Crippen LogP contribution in [0.1, 0.15) is 16.2 Å². The fourth-order valence-electron chi connectivity index (χ4n) is 2.76. The zero-order valence-corrected chi connectivity index (χ0v) is 18.0. The lowest BCUT2D eigenvalue weighted by atomic mass is 10.2. The lowest BCUT2D eigenvalue weighted by Crippen LogP contribution is -2.40. The second-order valence-corrected chi connectivity index (χ2v) is 9.77. The molecule has 3 aromatic rings. The van der Waals surface area contributed by atoms with Crippen LogP contribution < -0.4 is 4.72 Å². The van der Waals surface area contributed by atoms with E-state index < -0.39 is 10.0 Å². The number of ether oxygens (including phenoxy) is 1. The van der Waals surface area contributed by atoms with Gasteiger partial charge in [-0.3, -0.25) is 4.79 Å². The maximum Gasteiger partial charge on any atom is 0.316 e. The fourth-order valence-corrected chi connectivity index (χ4v) is 5.10. The molecule has 1 aliphatic rings. The van der Waals surface area contributed by atoms with Crippen molar-refractivity contribution in [2.45, 2.75) is 10.8 Å². The van der Waals surface area contributed by atoms with Crippen molar-refractivity contribution in [3.8, 4) is 11.4 Å². The van der Waals surface area contributed by atoms with E-state index in [0.29, 0.717) is 36.9 Å². The van der Waals surface area contributed by atoms with Gasteiger partial charge >= 0.3 is 11.8 Å². The van der Waals surface area contributed by atoms with Crippen LogP contribution in [0.4, 0.5) is 0 Å². The van der Waals surface area contributed by atoms with Crippen LogP contribution in [0.15, 0.2) is 44.4 Å². The lowest BCUT2D eigenvalue weighted by molar-refractivity contribution is 0.0272. The van der Waals surface area contributed by atoms with E-state index in [2.05, 4.69) is 14.9 Å². The Balaban J connectivity index is 1.45. The van der Waals surface area contributed by atoms with E-state index in [-0.39, 0.29) is 28.4 Å². The van der Waals surface area contributed by atoms with E-state index >= 15 is 0 Å². The SMILES string of the molecule is O=C(c1nc(-c2csc(S(=O)(=O)NCc3ccc(Cl)cc3)c2)no1)N1CCOCC1. The Morgan fingerprint density at radius 2 is 1.97 bits per heavy atom. The number of thiophene rings is 1. The molecule has 0 saturated carbocycles. The van der Waals surface area contributed by atoms with E-state index in [1.165, 1.54) is 6.07 Å². The Morgan fingerprint density at radius 1 is 1.23 bits per heavy atom. The van der Waals surface area contributed by atoms with Crippen molar-refractivity contribution in [2.75, 3.05) is 26.3 Å². The fraction of sp³-hybridized carbons (Fsp3) is 0.278. The standard InChI is InChI=1S/C18H17ClN4O5S2/c19-14-3-1-12(2-4-14)10-20-30(25,26)15-9-13(11-29-15)16-21-17(28-22-16)18(24)23-5-7-27-8-6-23/h1-4,9,11,20H,5-8,10H2. The molecule has 1 saturated heterocycles. The highest BCUT2D eigenvalue weighted by Crippen LogP contribution is 2.27. The number of benzene rings is 1. The summed E-state index contributed by atoms with van der Waals surface area (Å²) in [6.07, 6.45) is 0. The monoisotopic (exact) mass is 468 g/mol. The summed E-state index contributed by atoms with van der Waals surface area (Å²) in [5, 5.41) is 6.00. The van der Waals surface area contributed by atoms with Gasteiger partial charge in [0, 0.05) is 35.6 Å². The Hall–Kier alpha value is -2.31. The van der Waals surface area contributed by atoms with E-state index in [9.17, 15) is 13.2 Å². The molecule has 1 N–H and O–H groups in total. The molecule has 2 aromatic heterocycles. The number of carbonyl (C=O) groups excluding carboxylic acids is 1. The van der Waals surface area contributed by atoms with Crippen LogP contribution in [0.3, 0.4) is 0 Å². The van der Waals surface area contributed by atoms with E-state index in [1.807, 2.05) is 0 Å². The van der Waals surface area contributed by atoms with Crippen LogP contribution in [0.2, 0.25) is 5.02 Å². The molecule has 1 aliphatic heterocycles. The molecule has 0 unspecified atom stereocenters. The molecule has 1 amide bonds. The number of carbonyl (C=O) groups is 1. The summed E-state index contributed by atoms with van der Waals surface area (Å²) >= 11 is 6.87. The molecular weight excluding hydrogens is 452 g/mol. The molecular formula is C18H17ClN4O5S2. The Kier molecular flexibility index (Phi) is 6.16. The quantitative estimate of drug-likeness (QED) is 0.590. The van der Waals surface area contributed by atoms with Gasteiger partial charge in [0.15, 0.2) is 0 Å². The highest BCUT2D eigenvalue weighted by atomic mass is 35.5. The summed E-state index contributed by atoms with van der Waals surface area (Å²) in [5.74, 6) is -0.352. The van der Waals surface area contributed by atoms with E-state index in [4.69, 9.17) is 20.9 Å². The molecule has 12 heteroatoms. The molecule has 0 atom stereocenters. The summed E-state index contributed by atoms with van der Waals surface area (Å²) < 4.78 is 38.1. The Labute approximate surface area is 181 Å².